The highest BCUT2D eigenvalue weighted by atomic mass is 19.1. The first-order chi connectivity index (χ1) is 11.8. The van der Waals surface area contributed by atoms with E-state index in [9.17, 15) is 14.7 Å². The predicted octanol–water partition coefficient (Wildman–Crippen LogP) is 2.34. The molecule has 1 aromatic carbocycles. The van der Waals surface area contributed by atoms with Gasteiger partial charge in [0.2, 0.25) is 5.43 Å². The van der Waals surface area contributed by atoms with Gasteiger partial charge in [-0.05, 0) is 39.9 Å². The lowest BCUT2D eigenvalue weighted by molar-refractivity contribution is 0.0694. The van der Waals surface area contributed by atoms with Gasteiger partial charge in [0, 0.05) is 6.20 Å². The summed E-state index contributed by atoms with van der Waals surface area (Å²) in [6.07, 6.45) is 2.97. The van der Waals surface area contributed by atoms with E-state index >= 15 is 4.39 Å². The van der Waals surface area contributed by atoms with Gasteiger partial charge in [-0.2, -0.15) is 0 Å². The molecule has 1 aromatic heterocycles. The summed E-state index contributed by atoms with van der Waals surface area (Å²) in [4.78, 5) is 25.9. The van der Waals surface area contributed by atoms with Crippen LogP contribution in [-0.4, -0.2) is 41.2 Å². The molecule has 0 unspecified atom stereocenters. The zero-order valence-electron chi connectivity index (χ0n) is 14.3. The highest BCUT2D eigenvalue weighted by Crippen LogP contribution is 2.55. The Morgan fingerprint density at radius 3 is 2.68 bits per heavy atom. The van der Waals surface area contributed by atoms with Crippen molar-refractivity contribution in [3.05, 3.63) is 39.4 Å². The minimum atomic E-state index is -1.31. The number of ether oxygens (including phenoxy) is 1. The van der Waals surface area contributed by atoms with E-state index in [0.717, 1.165) is 12.8 Å². The lowest BCUT2D eigenvalue weighted by Gasteiger charge is -2.32. The molecule has 0 saturated heterocycles. The molecule has 25 heavy (non-hydrogen) atoms. The minimum absolute atomic E-state index is 0.0530. The van der Waals surface area contributed by atoms with Crippen molar-refractivity contribution in [2.45, 2.75) is 31.3 Å². The van der Waals surface area contributed by atoms with Crippen molar-refractivity contribution in [1.29, 1.82) is 0 Å². The quantitative estimate of drug-likeness (QED) is 0.924. The second-order valence-corrected chi connectivity index (χ2v) is 7.13. The van der Waals surface area contributed by atoms with Crippen LogP contribution in [-0.2, 0) is 5.54 Å². The van der Waals surface area contributed by atoms with Gasteiger partial charge in [-0.15, -0.1) is 0 Å². The van der Waals surface area contributed by atoms with Gasteiger partial charge in [0.15, 0.2) is 5.75 Å². The van der Waals surface area contributed by atoms with Crippen LogP contribution in [0.2, 0.25) is 0 Å². The van der Waals surface area contributed by atoms with Crippen LogP contribution in [0, 0.1) is 5.82 Å². The van der Waals surface area contributed by atoms with E-state index < -0.39 is 22.8 Å². The van der Waals surface area contributed by atoms with Crippen LogP contribution in [0.5, 0.6) is 5.75 Å². The van der Waals surface area contributed by atoms with Crippen molar-refractivity contribution in [2.75, 3.05) is 20.7 Å². The van der Waals surface area contributed by atoms with Crippen LogP contribution in [0.3, 0.4) is 0 Å². The van der Waals surface area contributed by atoms with Crippen LogP contribution in [0.4, 0.5) is 4.39 Å². The number of hydrogen-bond acceptors (Lipinski definition) is 4. The average molecular weight is 346 g/mol. The summed E-state index contributed by atoms with van der Waals surface area (Å²) in [6.45, 7) is 2.17. The number of nitrogens with zero attached hydrogens (tertiary/aromatic N) is 2. The van der Waals surface area contributed by atoms with Gasteiger partial charge in [0.05, 0.1) is 28.0 Å². The number of pyridine rings is 1. The molecule has 0 radical (unpaired) electrons. The second-order valence-electron chi connectivity index (χ2n) is 7.13. The second kappa shape index (κ2) is 5.05. The highest BCUT2D eigenvalue weighted by molar-refractivity contribution is 5.95. The molecule has 7 heteroatoms. The first-order valence-corrected chi connectivity index (χ1v) is 8.23. The van der Waals surface area contributed by atoms with Crippen LogP contribution < -0.4 is 10.2 Å². The lowest BCUT2D eigenvalue weighted by atomic mass is 9.96. The summed E-state index contributed by atoms with van der Waals surface area (Å²) in [6, 6.07) is 1.02. The molecule has 1 fully saturated rings. The van der Waals surface area contributed by atoms with Gasteiger partial charge in [-0.3, -0.25) is 9.69 Å². The van der Waals surface area contributed by atoms with E-state index in [1.165, 1.54) is 12.3 Å². The molecule has 4 rings (SSSR count). The summed E-state index contributed by atoms with van der Waals surface area (Å²) in [5.74, 6) is -1.46. The fraction of sp³-hybridized carbons (Fsp3) is 0.444. The van der Waals surface area contributed by atoms with Gasteiger partial charge in [0.25, 0.3) is 0 Å². The Labute approximate surface area is 143 Å². The number of rotatable bonds is 3. The van der Waals surface area contributed by atoms with E-state index in [2.05, 4.69) is 0 Å². The van der Waals surface area contributed by atoms with E-state index in [-0.39, 0.29) is 17.0 Å². The SMILES string of the molecule is C[C@H]1COc2c(C3(N(C)C)CC3)c(F)cc3c(=O)c(C(=O)O)cn1c23. The number of carbonyl (C=O) groups is 1. The average Bonchev–Trinajstić information content (AvgIpc) is 3.33. The van der Waals surface area contributed by atoms with Crippen LogP contribution in [0.1, 0.15) is 41.7 Å². The summed E-state index contributed by atoms with van der Waals surface area (Å²) in [7, 11) is 3.80. The van der Waals surface area contributed by atoms with Gasteiger partial charge >= 0.3 is 5.97 Å². The summed E-state index contributed by atoms with van der Waals surface area (Å²) in [5, 5.41) is 9.36. The van der Waals surface area contributed by atoms with Crippen molar-refractivity contribution < 1.29 is 19.0 Å². The largest absolute Gasteiger partial charge is 0.489 e. The van der Waals surface area contributed by atoms with Crippen LogP contribution in [0.25, 0.3) is 10.9 Å². The number of aromatic nitrogens is 1. The third-order valence-corrected chi connectivity index (χ3v) is 5.44. The number of carboxylic acid groups (broad SMARTS) is 1. The zero-order chi connectivity index (χ0) is 18.1. The molecule has 2 heterocycles. The third-order valence-electron chi connectivity index (χ3n) is 5.44. The standard InChI is InChI=1S/C18H19FN2O4/c1-9-8-25-16-13(18(4-5-18)20(2)3)12(19)6-10-14(16)21(9)7-11(15(10)22)17(23)24/h6-7,9H,4-5,8H2,1-3H3,(H,23,24)/t9-/m0/s1. The highest BCUT2D eigenvalue weighted by Gasteiger charge is 2.51. The zero-order valence-corrected chi connectivity index (χ0v) is 14.3. The molecule has 1 N–H and O–H groups in total. The van der Waals surface area contributed by atoms with Gasteiger partial charge < -0.3 is 14.4 Å². The molecule has 2 aromatic rings. The molecule has 6 nitrogen and oxygen atoms in total. The number of benzene rings is 1. The summed E-state index contributed by atoms with van der Waals surface area (Å²) in [5.41, 5.74) is -0.516. The fourth-order valence-electron chi connectivity index (χ4n) is 3.85. The first kappa shape index (κ1) is 16.1. The number of carboxylic acids is 1. The van der Waals surface area contributed by atoms with E-state index in [1.54, 1.807) is 4.57 Å². The van der Waals surface area contributed by atoms with E-state index in [4.69, 9.17) is 4.74 Å². The molecule has 0 spiro atoms. The van der Waals surface area contributed by atoms with Crippen molar-refractivity contribution in [3.8, 4) is 5.75 Å². The fourth-order valence-corrected chi connectivity index (χ4v) is 3.85. The minimum Gasteiger partial charge on any atom is -0.489 e. The molecule has 2 aliphatic rings. The molecule has 1 aliphatic carbocycles. The number of aromatic carboxylic acids is 1. The molecule has 0 bridgehead atoms. The molecule has 0 amide bonds. The Balaban J connectivity index is 2.15. The van der Waals surface area contributed by atoms with Gasteiger partial charge in [-0.25, -0.2) is 9.18 Å². The normalized spacial score (nSPS) is 20.6. The van der Waals surface area contributed by atoms with Crippen LogP contribution >= 0.6 is 0 Å². The third kappa shape index (κ3) is 2.05. The molecule has 132 valence electrons. The smallest absolute Gasteiger partial charge is 0.341 e. The van der Waals surface area contributed by atoms with Crippen LogP contribution in [0.15, 0.2) is 17.1 Å². The molecule has 1 aliphatic heterocycles. The summed E-state index contributed by atoms with van der Waals surface area (Å²) < 4.78 is 22.6. The monoisotopic (exact) mass is 346 g/mol. The van der Waals surface area contributed by atoms with E-state index in [0.29, 0.717) is 23.4 Å². The maximum absolute atomic E-state index is 15.0. The Morgan fingerprint density at radius 2 is 2.12 bits per heavy atom. The Bertz CT molecular complexity index is 975. The Morgan fingerprint density at radius 1 is 1.44 bits per heavy atom. The van der Waals surface area contributed by atoms with Crippen molar-refractivity contribution in [2.24, 2.45) is 0 Å². The maximum Gasteiger partial charge on any atom is 0.341 e. The van der Waals surface area contributed by atoms with Crippen molar-refractivity contribution >= 4 is 16.9 Å². The molecule has 1 atom stereocenters. The first-order valence-electron chi connectivity index (χ1n) is 8.23. The van der Waals surface area contributed by atoms with Crippen molar-refractivity contribution in [3.63, 3.8) is 0 Å². The maximum atomic E-state index is 15.0. The van der Waals surface area contributed by atoms with Gasteiger partial charge in [0.1, 0.15) is 18.0 Å². The lowest BCUT2D eigenvalue weighted by Crippen LogP contribution is -2.32. The molecular formula is C18H19FN2O4. The molecule has 1 saturated carbocycles. The van der Waals surface area contributed by atoms with Crippen molar-refractivity contribution in [1.82, 2.24) is 9.47 Å². The van der Waals surface area contributed by atoms with E-state index in [1.807, 2.05) is 25.9 Å². The number of hydrogen-bond donors (Lipinski definition) is 1. The molecular weight excluding hydrogens is 327 g/mol. The van der Waals surface area contributed by atoms with Gasteiger partial charge in [-0.1, -0.05) is 0 Å². The Hall–Kier alpha value is -2.41. The predicted molar refractivity (Wildman–Crippen MR) is 89.9 cm³/mol. The Kier molecular flexibility index (Phi) is 3.25. The summed E-state index contributed by atoms with van der Waals surface area (Å²) >= 11 is 0. The topological polar surface area (TPSA) is 71.8 Å². The number of halogens is 1.